The summed E-state index contributed by atoms with van der Waals surface area (Å²) in [5.74, 6) is 0.721. The second-order valence-corrected chi connectivity index (χ2v) is 4.74. The Balaban J connectivity index is 2.38. The lowest BCUT2D eigenvalue weighted by Gasteiger charge is -2.30. The molecule has 0 N–H and O–H groups in total. The average Bonchev–Trinajstić information content (AvgIpc) is 2.21. The van der Waals surface area contributed by atoms with Crippen LogP contribution in [0.2, 0.25) is 0 Å². The molecule has 0 radical (unpaired) electrons. The highest BCUT2D eigenvalue weighted by Gasteiger charge is 2.28. The Morgan fingerprint density at radius 2 is 1.62 bits per heavy atom. The topological polar surface area (TPSA) is 18.5 Å². The predicted molar refractivity (Wildman–Crippen MR) is 57.1 cm³/mol. The summed E-state index contributed by atoms with van der Waals surface area (Å²) in [6.07, 6.45) is 6.61. The number of ether oxygens (including phenoxy) is 2. The van der Waals surface area contributed by atoms with Gasteiger partial charge in [0, 0.05) is 14.2 Å². The van der Waals surface area contributed by atoms with E-state index in [0.717, 1.165) is 5.92 Å². The zero-order chi connectivity index (χ0) is 9.68. The molecule has 0 aromatic rings. The highest BCUT2D eigenvalue weighted by molar-refractivity contribution is 9.09. The highest BCUT2D eigenvalue weighted by Crippen LogP contribution is 2.32. The number of alkyl halides is 1. The summed E-state index contributed by atoms with van der Waals surface area (Å²) in [6.45, 7) is 0. The lowest BCUT2D eigenvalue weighted by Crippen LogP contribution is -2.32. The molecule has 78 valence electrons. The average molecular weight is 251 g/mol. The van der Waals surface area contributed by atoms with Gasteiger partial charge in [0.15, 0.2) is 6.29 Å². The SMILES string of the molecule is COC(OC)C(Br)C1CCCCC1. The first kappa shape index (κ1) is 11.5. The first-order chi connectivity index (χ1) is 6.29. The van der Waals surface area contributed by atoms with Crippen LogP contribution in [-0.2, 0) is 9.47 Å². The molecule has 1 rings (SSSR count). The summed E-state index contributed by atoms with van der Waals surface area (Å²) >= 11 is 3.68. The molecule has 0 aliphatic heterocycles. The molecule has 0 amide bonds. The molecule has 0 spiro atoms. The van der Waals surface area contributed by atoms with Crippen molar-refractivity contribution >= 4 is 15.9 Å². The van der Waals surface area contributed by atoms with Crippen LogP contribution in [0.4, 0.5) is 0 Å². The van der Waals surface area contributed by atoms with Gasteiger partial charge in [0.25, 0.3) is 0 Å². The van der Waals surface area contributed by atoms with Crippen molar-refractivity contribution in [2.75, 3.05) is 14.2 Å². The van der Waals surface area contributed by atoms with E-state index in [0.29, 0.717) is 4.83 Å². The van der Waals surface area contributed by atoms with Gasteiger partial charge in [0.1, 0.15) is 0 Å². The number of hydrogen-bond donors (Lipinski definition) is 0. The molecular formula is C10H19BrO2. The van der Waals surface area contributed by atoms with Crippen LogP contribution in [0.5, 0.6) is 0 Å². The summed E-state index contributed by atoms with van der Waals surface area (Å²) < 4.78 is 10.5. The van der Waals surface area contributed by atoms with Gasteiger partial charge < -0.3 is 9.47 Å². The second kappa shape index (κ2) is 5.99. The van der Waals surface area contributed by atoms with Crippen molar-refractivity contribution < 1.29 is 9.47 Å². The standard InChI is InChI=1S/C10H19BrO2/c1-12-10(13-2)9(11)8-6-4-3-5-7-8/h8-10H,3-7H2,1-2H3. The molecule has 13 heavy (non-hydrogen) atoms. The van der Waals surface area contributed by atoms with Gasteiger partial charge >= 0.3 is 0 Å². The Hall–Kier alpha value is 0.400. The molecule has 0 saturated heterocycles. The maximum Gasteiger partial charge on any atom is 0.169 e. The molecule has 0 aromatic heterocycles. The van der Waals surface area contributed by atoms with E-state index >= 15 is 0 Å². The molecular weight excluding hydrogens is 232 g/mol. The third-order valence-corrected chi connectivity index (χ3v) is 4.00. The Morgan fingerprint density at radius 1 is 1.08 bits per heavy atom. The largest absolute Gasteiger partial charge is 0.355 e. The van der Waals surface area contributed by atoms with Gasteiger partial charge in [-0.05, 0) is 18.8 Å². The van der Waals surface area contributed by atoms with Crippen LogP contribution in [0.15, 0.2) is 0 Å². The van der Waals surface area contributed by atoms with Crippen LogP contribution in [-0.4, -0.2) is 25.3 Å². The van der Waals surface area contributed by atoms with E-state index in [-0.39, 0.29) is 6.29 Å². The minimum absolute atomic E-state index is 0.0944. The number of halogens is 1. The monoisotopic (exact) mass is 250 g/mol. The summed E-state index contributed by atoms with van der Waals surface area (Å²) in [6, 6.07) is 0. The summed E-state index contributed by atoms with van der Waals surface area (Å²) in [5, 5.41) is 0. The van der Waals surface area contributed by atoms with Gasteiger partial charge in [0.05, 0.1) is 4.83 Å². The third-order valence-electron chi connectivity index (χ3n) is 2.82. The van der Waals surface area contributed by atoms with Crippen LogP contribution >= 0.6 is 15.9 Å². The molecule has 1 aliphatic carbocycles. The van der Waals surface area contributed by atoms with Gasteiger partial charge in [-0.1, -0.05) is 35.2 Å². The first-order valence-corrected chi connectivity index (χ1v) is 5.90. The molecule has 0 aromatic carbocycles. The van der Waals surface area contributed by atoms with E-state index in [1.165, 1.54) is 32.1 Å². The van der Waals surface area contributed by atoms with Gasteiger partial charge in [-0.25, -0.2) is 0 Å². The Bertz CT molecular complexity index is 131. The van der Waals surface area contributed by atoms with Crippen molar-refractivity contribution in [1.29, 1.82) is 0 Å². The molecule has 1 saturated carbocycles. The number of hydrogen-bond acceptors (Lipinski definition) is 2. The van der Waals surface area contributed by atoms with Crippen molar-refractivity contribution in [1.82, 2.24) is 0 Å². The van der Waals surface area contributed by atoms with E-state index in [1.54, 1.807) is 14.2 Å². The van der Waals surface area contributed by atoms with Gasteiger partial charge in [-0.3, -0.25) is 0 Å². The smallest absolute Gasteiger partial charge is 0.169 e. The molecule has 1 atom stereocenters. The molecule has 0 bridgehead atoms. The zero-order valence-electron chi connectivity index (χ0n) is 8.46. The lowest BCUT2D eigenvalue weighted by atomic mass is 9.87. The Labute approximate surface area is 89.1 Å². The minimum Gasteiger partial charge on any atom is -0.355 e. The van der Waals surface area contributed by atoms with Crippen molar-refractivity contribution in [3.05, 3.63) is 0 Å². The Kier molecular flexibility index (Phi) is 5.29. The van der Waals surface area contributed by atoms with Gasteiger partial charge in [0.2, 0.25) is 0 Å². The van der Waals surface area contributed by atoms with E-state index < -0.39 is 0 Å². The highest BCUT2D eigenvalue weighted by atomic mass is 79.9. The zero-order valence-corrected chi connectivity index (χ0v) is 10.0. The fraction of sp³-hybridized carbons (Fsp3) is 1.00. The summed E-state index contributed by atoms with van der Waals surface area (Å²) in [7, 11) is 3.40. The Morgan fingerprint density at radius 3 is 2.08 bits per heavy atom. The van der Waals surface area contributed by atoms with Crippen LogP contribution in [0.1, 0.15) is 32.1 Å². The van der Waals surface area contributed by atoms with Crippen molar-refractivity contribution in [3.63, 3.8) is 0 Å². The van der Waals surface area contributed by atoms with E-state index in [9.17, 15) is 0 Å². The van der Waals surface area contributed by atoms with Crippen molar-refractivity contribution in [3.8, 4) is 0 Å². The first-order valence-electron chi connectivity index (χ1n) is 4.99. The fourth-order valence-electron chi connectivity index (χ4n) is 2.03. The van der Waals surface area contributed by atoms with Gasteiger partial charge in [-0.2, -0.15) is 0 Å². The normalized spacial score (nSPS) is 22.2. The lowest BCUT2D eigenvalue weighted by molar-refractivity contribution is -0.109. The van der Waals surface area contributed by atoms with E-state index in [2.05, 4.69) is 15.9 Å². The van der Waals surface area contributed by atoms with Crippen LogP contribution in [0.25, 0.3) is 0 Å². The van der Waals surface area contributed by atoms with Crippen molar-refractivity contribution in [2.24, 2.45) is 5.92 Å². The molecule has 0 heterocycles. The molecule has 1 fully saturated rings. The molecule has 3 heteroatoms. The molecule has 1 aliphatic rings. The van der Waals surface area contributed by atoms with E-state index in [4.69, 9.17) is 9.47 Å². The maximum absolute atomic E-state index is 5.25. The molecule has 2 nitrogen and oxygen atoms in total. The second-order valence-electron chi connectivity index (χ2n) is 3.68. The van der Waals surface area contributed by atoms with Crippen LogP contribution in [0, 0.1) is 5.92 Å². The van der Waals surface area contributed by atoms with Crippen LogP contribution < -0.4 is 0 Å². The quantitative estimate of drug-likeness (QED) is 0.565. The maximum atomic E-state index is 5.25. The summed E-state index contributed by atoms with van der Waals surface area (Å²) in [5.41, 5.74) is 0. The minimum atomic E-state index is -0.0944. The van der Waals surface area contributed by atoms with Gasteiger partial charge in [-0.15, -0.1) is 0 Å². The predicted octanol–water partition coefficient (Wildman–Crippen LogP) is 2.95. The number of methoxy groups -OCH3 is 2. The number of rotatable bonds is 4. The molecule has 1 unspecified atom stereocenters. The van der Waals surface area contributed by atoms with Crippen molar-refractivity contribution in [2.45, 2.75) is 43.2 Å². The summed E-state index contributed by atoms with van der Waals surface area (Å²) in [4.78, 5) is 0.350. The fourth-order valence-corrected chi connectivity index (χ4v) is 2.99. The van der Waals surface area contributed by atoms with Crippen LogP contribution in [0.3, 0.4) is 0 Å². The van der Waals surface area contributed by atoms with E-state index in [1.807, 2.05) is 0 Å². The third kappa shape index (κ3) is 3.22.